The normalized spacial score (nSPS) is 10.2. The van der Waals surface area contributed by atoms with Gasteiger partial charge in [0, 0.05) is 22.7 Å². The average Bonchev–Trinajstić information content (AvgIpc) is 2.40. The number of carbonyl (C=O) groups is 1. The van der Waals surface area contributed by atoms with E-state index in [-0.39, 0.29) is 33.6 Å². The topological polar surface area (TPSA) is 69.4 Å². The van der Waals surface area contributed by atoms with E-state index in [2.05, 4.69) is 0 Å². The number of nitrogens with zero attached hydrogens (tertiary/aromatic N) is 1. The minimum Gasteiger partial charge on any atom is -0.447 e. The van der Waals surface area contributed by atoms with Gasteiger partial charge in [0.15, 0.2) is 17.3 Å². The SMILES string of the molecule is CC(=O)c1ccc(Oc2cc(Cl)ccc2[N+](=O)[O-])c(F)c1. The van der Waals surface area contributed by atoms with Crippen LogP contribution >= 0.6 is 11.6 Å². The van der Waals surface area contributed by atoms with Crippen LogP contribution in [0, 0.1) is 15.9 Å². The molecule has 7 heteroatoms. The van der Waals surface area contributed by atoms with Crippen LogP contribution in [0.2, 0.25) is 5.02 Å². The summed E-state index contributed by atoms with van der Waals surface area (Å²) in [6, 6.07) is 7.33. The van der Waals surface area contributed by atoms with Gasteiger partial charge >= 0.3 is 5.69 Å². The number of benzene rings is 2. The standard InChI is InChI=1S/C14H9ClFNO4/c1-8(18)9-2-5-13(11(16)6-9)21-14-7-10(15)3-4-12(14)17(19)20/h2-7H,1H3. The molecule has 2 rings (SSSR count). The molecule has 0 spiro atoms. The molecule has 0 aliphatic carbocycles. The van der Waals surface area contributed by atoms with E-state index < -0.39 is 10.7 Å². The summed E-state index contributed by atoms with van der Waals surface area (Å²) in [6.07, 6.45) is 0. The molecule has 0 bridgehead atoms. The molecule has 5 nitrogen and oxygen atoms in total. The van der Waals surface area contributed by atoms with Crippen molar-refractivity contribution in [1.82, 2.24) is 0 Å². The quantitative estimate of drug-likeness (QED) is 0.477. The zero-order chi connectivity index (χ0) is 15.6. The monoisotopic (exact) mass is 309 g/mol. The predicted molar refractivity (Wildman–Crippen MR) is 74.6 cm³/mol. The van der Waals surface area contributed by atoms with Gasteiger partial charge in [0.05, 0.1) is 4.92 Å². The summed E-state index contributed by atoms with van der Waals surface area (Å²) in [5, 5.41) is 11.1. The van der Waals surface area contributed by atoms with E-state index in [0.717, 1.165) is 6.07 Å². The lowest BCUT2D eigenvalue weighted by molar-refractivity contribution is -0.385. The highest BCUT2D eigenvalue weighted by Gasteiger charge is 2.18. The van der Waals surface area contributed by atoms with Gasteiger partial charge in [-0.2, -0.15) is 0 Å². The van der Waals surface area contributed by atoms with Crippen LogP contribution in [0.15, 0.2) is 36.4 Å². The number of ketones is 1. The van der Waals surface area contributed by atoms with Gasteiger partial charge in [-0.05, 0) is 31.2 Å². The van der Waals surface area contributed by atoms with E-state index in [1.807, 2.05) is 0 Å². The van der Waals surface area contributed by atoms with Crippen molar-refractivity contribution in [3.8, 4) is 11.5 Å². The first-order valence-corrected chi connectivity index (χ1v) is 6.18. The fraction of sp³-hybridized carbons (Fsp3) is 0.0714. The fourth-order valence-electron chi connectivity index (χ4n) is 1.64. The Hall–Kier alpha value is -2.47. The zero-order valence-electron chi connectivity index (χ0n) is 10.8. The maximum atomic E-state index is 13.8. The summed E-state index contributed by atoms with van der Waals surface area (Å²) in [6.45, 7) is 1.30. The Balaban J connectivity index is 2.40. The molecule has 0 fully saturated rings. The van der Waals surface area contributed by atoms with Crippen LogP contribution in [0.25, 0.3) is 0 Å². The molecule has 0 atom stereocenters. The van der Waals surface area contributed by atoms with Crippen molar-refractivity contribution >= 4 is 23.1 Å². The third-order valence-electron chi connectivity index (χ3n) is 2.68. The van der Waals surface area contributed by atoms with Gasteiger partial charge in [-0.25, -0.2) is 4.39 Å². The lowest BCUT2D eigenvalue weighted by Crippen LogP contribution is -1.97. The molecule has 2 aromatic carbocycles. The molecule has 21 heavy (non-hydrogen) atoms. The predicted octanol–water partition coefficient (Wildman–Crippen LogP) is 4.38. The van der Waals surface area contributed by atoms with Crippen molar-refractivity contribution in [1.29, 1.82) is 0 Å². The summed E-state index contributed by atoms with van der Waals surface area (Å²) >= 11 is 5.75. The molecule has 0 unspecified atom stereocenters. The van der Waals surface area contributed by atoms with Gasteiger partial charge in [0.25, 0.3) is 0 Å². The number of nitro benzene ring substituents is 1. The number of hydrogen-bond acceptors (Lipinski definition) is 4. The Morgan fingerprint density at radius 1 is 1.24 bits per heavy atom. The molecule has 0 aliphatic rings. The molecular formula is C14H9ClFNO4. The number of Topliss-reactive ketones (excluding diaryl/α,β-unsaturated/α-hetero) is 1. The van der Waals surface area contributed by atoms with Gasteiger partial charge in [-0.15, -0.1) is 0 Å². The molecule has 0 heterocycles. The Kier molecular flexibility index (Phi) is 4.18. The Bertz CT molecular complexity index is 733. The second-order valence-electron chi connectivity index (χ2n) is 4.17. The Morgan fingerprint density at radius 2 is 1.95 bits per heavy atom. The number of rotatable bonds is 4. The van der Waals surface area contributed by atoms with Crippen molar-refractivity contribution in [2.24, 2.45) is 0 Å². The summed E-state index contributed by atoms with van der Waals surface area (Å²) in [5.74, 6) is -1.50. The highest BCUT2D eigenvalue weighted by Crippen LogP contribution is 2.34. The van der Waals surface area contributed by atoms with Crippen LogP contribution in [0.4, 0.5) is 10.1 Å². The minimum atomic E-state index is -0.794. The van der Waals surface area contributed by atoms with E-state index in [1.165, 1.54) is 37.3 Å². The van der Waals surface area contributed by atoms with Crippen molar-refractivity contribution in [2.75, 3.05) is 0 Å². The molecule has 0 N–H and O–H groups in total. The summed E-state index contributed by atoms with van der Waals surface area (Å²) in [5.41, 5.74) is -0.158. The molecule has 0 aromatic heterocycles. The van der Waals surface area contributed by atoms with Crippen LogP contribution < -0.4 is 4.74 Å². The van der Waals surface area contributed by atoms with Crippen LogP contribution in [-0.4, -0.2) is 10.7 Å². The van der Waals surface area contributed by atoms with Gasteiger partial charge in [0.1, 0.15) is 0 Å². The molecule has 0 saturated carbocycles. The third kappa shape index (κ3) is 3.35. The second kappa shape index (κ2) is 5.88. The van der Waals surface area contributed by atoms with Gasteiger partial charge < -0.3 is 4.74 Å². The molecule has 108 valence electrons. The summed E-state index contributed by atoms with van der Waals surface area (Å²) < 4.78 is 19.1. The highest BCUT2D eigenvalue weighted by molar-refractivity contribution is 6.30. The molecular weight excluding hydrogens is 301 g/mol. The Morgan fingerprint density at radius 3 is 2.52 bits per heavy atom. The van der Waals surface area contributed by atoms with E-state index in [4.69, 9.17) is 16.3 Å². The van der Waals surface area contributed by atoms with E-state index in [1.54, 1.807) is 0 Å². The first-order chi connectivity index (χ1) is 9.88. The zero-order valence-corrected chi connectivity index (χ0v) is 11.6. The van der Waals surface area contributed by atoms with Crippen LogP contribution in [0.1, 0.15) is 17.3 Å². The van der Waals surface area contributed by atoms with Crippen molar-refractivity contribution < 1.29 is 18.8 Å². The number of halogens is 2. The number of ether oxygens (including phenoxy) is 1. The Labute approximate surface area is 124 Å². The minimum absolute atomic E-state index is 0.179. The molecule has 2 aromatic rings. The number of hydrogen-bond donors (Lipinski definition) is 0. The molecule has 0 aliphatic heterocycles. The average molecular weight is 310 g/mol. The molecule has 0 amide bonds. The highest BCUT2D eigenvalue weighted by atomic mass is 35.5. The van der Waals surface area contributed by atoms with Crippen molar-refractivity contribution in [2.45, 2.75) is 6.92 Å². The maximum Gasteiger partial charge on any atom is 0.311 e. The number of carbonyl (C=O) groups excluding carboxylic acids is 1. The fourth-order valence-corrected chi connectivity index (χ4v) is 1.80. The lowest BCUT2D eigenvalue weighted by Gasteiger charge is -2.08. The van der Waals surface area contributed by atoms with E-state index in [9.17, 15) is 19.3 Å². The van der Waals surface area contributed by atoms with Crippen molar-refractivity contribution in [3.63, 3.8) is 0 Å². The van der Waals surface area contributed by atoms with Crippen LogP contribution in [0.5, 0.6) is 11.5 Å². The van der Waals surface area contributed by atoms with E-state index >= 15 is 0 Å². The van der Waals surface area contributed by atoms with Crippen LogP contribution in [-0.2, 0) is 0 Å². The largest absolute Gasteiger partial charge is 0.447 e. The van der Waals surface area contributed by atoms with Crippen LogP contribution in [0.3, 0.4) is 0 Å². The van der Waals surface area contributed by atoms with Gasteiger partial charge in [0.2, 0.25) is 5.75 Å². The smallest absolute Gasteiger partial charge is 0.311 e. The van der Waals surface area contributed by atoms with Crippen molar-refractivity contribution in [3.05, 3.63) is 62.9 Å². The lowest BCUT2D eigenvalue weighted by atomic mass is 10.1. The number of nitro groups is 1. The first-order valence-electron chi connectivity index (χ1n) is 5.81. The van der Waals surface area contributed by atoms with Gasteiger partial charge in [-0.3, -0.25) is 14.9 Å². The molecule has 0 radical (unpaired) electrons. The van der Waals surface area contributed by atoms with E-state index in [0.29, 0.717) is 0 Å². The maximum absolute atomic E-state index is 13.8. The second-order valence-corrected chi connectivity index (χ2v) is 4.61. The van der Waals surface area contributed by atoms with Gasteiger partial charge in [-0.1, -0.05) is 11.6 Å². The summed E-state index contributed by atoms with van der Waals surface area (Å²) in [4.78, 5) is 21.4. The first kappa shape index (κ1) is 14.9. The molecule has 0 saturated heterocycles. The third-order valence-corrected chi connectivity index (χ3v) is 2.91. The summed E-state index contributed by atoms with van der Waals surface area (Å²) in [7, 11) is 0.